The Bertz CT molecular complexity index is 486. The van der Waals surface area contributed by atoms with Gasteiger partial charge in [0.25, 0.3) is 0 Å². The zero-order valence-electron chi connectivity index (χ0n) is 8.28. The molecule has 3 heterocycles. The molecular formula is C11H12ClN3. The summed E-state index contributed by atoms with van der Waals surface area (Å²) in [7, 11) is 0. The van der Waals surface area contributed by atoms with Gasteiger partial charge in [-0.25, -0.2) is 4.98 Å². The first kappa shape index (κ1) is 9.19. The largest absolute Gasteiger partial charge is 0.307 e. The molecule has 1 aliphatic rings. The van der Waals surface area contributed by atoms with E-state index in [1.165, 1.54) is 12.8 Å². The molecule has 0 bridgehead atoms. The van der Waals surface area contributed by atoms with Gasteiger partial charge in [-0.1, -0.05) is 11.6 Å². The summed E-state index contributed by atoms with van der Waals surface area (Å²) in [5, 5.41) is 4.21. The number of imidazole rings is 1. The van der Waals surface area contributed by atoms with E-state index in [4.69, 9.17) is 11.6 Å². The SMILES string of the molecule is Clc1ccn2c(C3CCCN3)ncc2c1. The van der Waals surface area contributed by atoms with Crippen LogP contribution in [0.15, 0.2) is 24.5 Å². The van der Waals surface area contributed by atoms with E-state index in [0.29, 0.717) is 6.04 Å². The average molecular weight is 222 g/mol. The number of nitrogens with one attached hydrogen (secondary N) is 1. The zero-order chi connectivity index (χ0) is 10.3. The Balaban J connectivity index is 2.11. The first-order chi connectivity index (χ1) is 7.34. The summed E-state index contributed by atoms with van der Waals surface area (Å²) in [6, 6.07) is 4.23. The Morgan fingerprint density at radius 1 is 1.53 bits per heavy atom. The molecule has 15 heavy (non-hydrogen) atoms. The number of hydrogen-bond donors (Lipinski definition) is 1. The number of halogens is 1. The molecule has 0 amide bonds. The van der Waals surface area contributed by atoms with Gasteiger partial charge in [0.15, 0.2) is 0 Å². The van der Waals surface area contributed by atoms with Crippen molar-refractivity contribution < 1.29 is 0 Å². The zero-order valence-corrected chi connectivity index (χ0v) is 9.04. The summed E-state index contributed by atoms with van der Waals surface area (Å²) in [5.41, 5.74) is 1.06. The van der Waals surface area contributed by atoms with E-state index >= 15 is 0 Å². The number of rotatable bonds is 1. The van der Waals surface area contributed by atoms with Crippen molar-refractivity contribution in [3.63, 3.8) is 0 Å². The summed E-state index contributed by atoms with van der Waals surface area (Å²) >= 11 is 5.93. The normalized spacial score (nSPS) is 21.3. The Kier molecular flexibility index (Phi) is 2.15. The standard InChI is InChI=1S/C11H12ClN3/c12-8-3-5-15-9(6-8)7-14-11(15)10-2-1-4-13-10/h3,5-7,10,13H,1-2,4H2. The van der Waals surface area contributed by atoms with Gasteiger partial charge < -0.3 is 9.72 Å². The van der Waals surface area contributed by atoms with Crippen molar-refractivity contribution in [2.24, 2.45) is 0 Å². The van der Waals surface area contributed by atoms with E-state index in [-0.39, 0.29) is 0 Å². The van der Waals surface area contributed by atoms with Gasteiger partial charge in [0.2, 0.25) is 0 Å². The quantitative estimate of drug-likeness (QED) is 0.802. The average Bonchev–Trinajstić information content (AvgIpc) is 2.82. The lowest BCUT2D eigenvalue weighted by molar-refractivity contribution is 0.602. The van der Waals surface area contributed by atoms with Crippen molar-refractivity contribution in [2.75, 3.05) is 6.54 Å². The third-order valence-corrected chi connectivity index (χ3v) is 3.13. The number of fused-ring (bicyclic) bond motifs is 1. The predicted molar refractivity (Wildman–Crippen MR) is 60.2 cm³/mol. The highest BCUT2D eigenvalue weighted by molar-refractivity contribution is 6.30. The molecule has 0 radical (unpaired) electrons. The second-order valence-electron chi connectivity index (χ2n) is 3.91. The van der Waals surface area contributed by atoms with Gasteiger partial charge in [-0.05, 0) is 31.5 Å². The number of aromatic nitrogens is 2. The molecule has 1 saturated heterocycles. The molecule has 4 heteroatoms. The Hall–Kier alpha value is -1.06. The second-order valence-corrected chi connectivity index (χ2v) is 4.34. The fraction of sp³-hybridized carbons (Fsp3) is 0.364. The maximum atomic E-state index is 5.93. The fourth-order valence-corrected chi connectivity index (χ4v) is 2.32. The summed E-state index contributed by atoms with van der Waals surface area (Å²) in [5.74, 6) is 1.10. The minimum absolute atomic E-state index is 0.397. The van der Waals surface area contributed by atoms with Crippen LogP contribution < -0.4 is 5.32 Å². The topological polar surface area (TPSA) is 29.3 Å². The van der Waals surface area contributed by atoms with E-state index in [1.54, 1.807) is 0 Å². The van der Waals surface area contributed by atoms with Gasteiger partial charge in [-0.3, -0.25) is 0 Å². The molecule has 3 nitrogen and oxygen atoms in total. The lowest BCUT2D eigenvalue weighted by Crippen LogP contribution is -2.15. The lowest BCUT2D eigenvalue weighted by Gasteiger charge is -2.08. The van der Waals surface area contributed by atoms with E-state index in [2.05, 4.69) is 14.7 Å². The van der Waals surface area contributed by atoms with Crippen LogP contribution >= 0.6 is 11.6 Å². The number of pyridine rings is 1. The van der Waals surface area contributed by atoms with Gasteiger partial charge in [-0.15, -0.1) is 0 Å². The van der Waals surface area contributed by atoms with Crippen LogP contribution in [0.2, 0.25) is 5.02 Å². The second kappa shape index (κ2) is 3.51. The minimum Gasteiger partial charge on any atom is -0.307 e. The smallest absolute Gasteiger partial charge is 0.130 e. The van der Waals surface area contributed by atoms with Gasteiger partial charge in [0.1, 0.15) is 5.82 Å². The van der Waals surface area contributed by atoms with Crippen LogP contribution in [0.5, 0.6) is 0 Å². The fourth-order valence-electron chi connectivity index (χ4n) is 2.16. The summed E-state index contributed by atoms with van der Waals surface area (Å²) in [4.78, 5) is 4.46. The molecule has 1 fully saturated rings. The van der Waals surface area contributed by atoms with Crippen molar-refractivity contribution in [3.8, 4) is 0 Å². The highest BCUT2D eigenvalue weighted by Gasteiger charge is 2.20. The minimum atomic E-state index is 0.397. The number of hydrogen-bond acceptors (Lipinski definition) is 2. The van der Waals surface area contributed by atoms with Crippen LogP contribution in [0.4, 0.5) is 0 Å². The Labute approximate surface area is 93.1 Å². The van der Waals surface area contributed by atoms with Crippen molar-refractivity contribution >= 4 is 17.1 Å². The summed E-state index contributed by atoms with van der Waals surface area (Å²) in [6.07, 6.45) is 6.26. The van der Waals surface area contributed by atoms with Crippen molar-refractivity contribution in [1.82, 2.24) is 14.7 Å². The Morgan fingerprint density at radius 2 is 2.47 bits per heavy atom. The number of nitrogens with zero attached hydrogens (tertiary/aromatic N) is 2. The highest BCUT2D eigenvalue weighted by Crippen LogP contribution is 2.23. The van der Waals surface area contributed by atoms with Crippen molar-refractivity contribution in [3.05, 3.63) is 35.4 Å². The molecular weight excluding hydrogens is 210 g/mol. The van der Waals surface area contributed by atoms with Crippen LogP contribution in [-0.2, 0) is 0 Å². The van der Waals surface area contributed by atoms with E-state index in [1.807, 2.05) is 24.5 Å². The maximum Gasteiger partial charge on any atom is 0.130 e. The van der Waals surface area contributed by atoms with Gasteiger partial charge in [0, 0.05) is 11.2 Å². The van der Waals surface area contributed by atoms with Crippen LogP contribution in [0.25, 0.3) is 5.52 Å². The van der Waals surface area contributed by atoms with Crippen molar-refractivity contribution in [1.29, 1.82) is 0 Å². The van der Waals surface area contributed by atoms with Crippen LogP contribution in [-0.4, -0.2) is 15.9 Å². The molecule has 0 spiro atoms. The molecule has 0 aliphatic carbocycles. The summed E-state index contributed by atoms with van der Waals surface area (Å²) < 4.78 is 2.11. The molecule has 1 N–H and O–H groups in total. The molecule has 1 atom stereocenters. The monoisotopic (exact) mass is 221 g/mol. The molecule has 0 saturated carbocycles. The molecule has 78 valence electrons. The van der Waals surface area contributed by atoms with Gasteiger partial charge >= 0.3 is 0 Å². The maximum absolute atomic E-state index is 5.93. The third kappa shape index (κ3) is 1.52. The molecule has 2 aromatic rings. The van der Waals surface area contributed by atoms with Crippen LogP contribution in [0.1, 0.15) is 24.7 Å². The molecule has 2 aromatic heterocycles. The molecule has 1 unspecified atom stereocenters. The predicted octanol–water partition coefficient (Wildman–Crippen LogP) is 2.41. The first-order valence-electron chi connectivity index (χ1n) is 5.20. The van der Waals surface area contributed by atoms with E-state index in [9.17, 15) is 0 Å². The van der Waals surface area contributed by atoms with Gasteiger partial charge in [0.05, 0.1) is 17.8 Å². The highest BCUT2D eigenvalue weighted by atomic mass is 35.5. The van der Waals surface area contributed by atoms with Gasteiger partial charge in [-0.2, -0.15) is 0 Å². The lowest BCUT2D eigenvalue weighted by atomic mass is 10.2. The summed E-state index contributed by atoms with van der Waals surface area (Å²) in [6.45, 7) is 1.09. The third-order valence-electron chi connectivity index (χ3n) is 2.89. The Morgan fingerprint density at radius 3 is 3.27 bits per heavy atom. The van der Waals surface area contributed by atoms with Crippen molar-refractivity contribution in [2.45, 2.75) is 18.9 Å². The molecule has 1 aliphatic heterocycles. The van der Waals surface area contributed by atoms with E-state index in [0.717, 1.165) is 22.9 Å². The first-order valence-corrected chi connectivity index (χ1v) is 5.58. The molecule has 0 aromatic carbocycles. The molecule has 3 rings (SSSR count). The van der Waals surface area contributed by atoms with Crippen LogP contribution in [0, 0.1) is 0 Å². The van der Waals surface area contributed by atoms with E-state index < -0.39 is 0 Å². The van der Waals surface area contributed by atoms with Crippen LogP contribution in [0.3, 0.4) is 0 Å².